The first kappa shape index (κ1) is 7.40. The summed E-state index contributed by atoms with van der Waals surface area (Å²) >= 11 is 0. The number of nitrogens with zero attached hydrogens (tertiary/aromatic N) is 5. The molecule has 13 heavy (non-hydrogen) atoms. The quantitative estimate of drug-likeness (QED) is 0.315. The zero-order valence-electron chi connectivity index (χ0n) is 6.34. The Kier molecular flexibility index (Phi) is 1.71. The van der Waals surface area contributed by atoms with E-state index >= 15 is 0 Å². The van der Waals surface area contributed by atoms with Crippen LogP contribution in [0.25, 0.3) is 0 Å². The monoisotopic (exact) mass is 179 g/mol. The average Bonchev–Trinajstić information content (AvgIpc) is 2.76. The highest BCUT2D eigenvalue weighted by molar-refractivity contribution is 6.09. The molecule has 0 saturated carbocycles. The van der Waals surface area contributed by atoms with Gasteiger partial charge < -0.3 is 5.21 Å². The number of nitrogens with one attached hydrogen (secondary N) is 2. The van der Waals surface area contributed by atoms with Crippen LogP contribution in [0, 0.1) is 0 Å². The Bertz CT molecular complexity index is 352. The number of H-pyrrole nitrogens is 2. The second-order valence-corrected chi connectivity index (χ2v) is 2.17. The highest BCUT2D eigenvalue weighted by Crippen LogP contribution is 2.01. The van der Waals surface area contributed by atoms with Gasteiger partial charge in [-0.2, -0.15) is 0 Å². The zero-order valence-corrected chi connectivity index (χ0v) is 6.34. The van der Waals surface area contributed by atoms with E-state index < -0.39 is 0 Å². The molecule has 2 aromatic heterocycles. The van der Waals surface area contributed by atoms with Gasteiger partial charge in [0.25, 0.3) is 0 Å². The van der Waals surface area contributed by atoms with Gasteiger partial charge in [-0.1, -0.05) is 15.6 Å². The summed E-state index contributed by atoms with van der Waals surface area (Å²) in [4.78, 5) is 0. The maximum atomic E-state index is 8.69. The molecule has 0 amide bonds. The summed E-state index contributed by atoms with van der Waals surface area (Å²) in [5.41, 5.74) is 1.01. The summed E-state index contributed by atoms with van der Waals surface area (Å²) in [5.74, 6) is 0. The third kappa shape index (κ3) is 1.24. The van der Waals surface area contributed by atoms with Gasteiger partial charge in [-0.3, -0.25) is 10.2 Å². The van der Waals surface area contributed by atoms with Crippen molar-refractivity contribution >= 4 is 5.71 Å². The molecule has 0 spiro atoms. The van der Waals surface area contributed by atoms with E-state index in [4.69, 9.17) is 5.21 Å². The number of hydrogen-bond acceptors (Lipinski definition) is 6. The third-order valence-electron chi connectivity index (χ3n) is 1.42. The van der Waals surface area contributed by atoms with Gasteiger partial charge >= 0.3 is 0 Å². The minimum Gasteiger partial charge on any atom is -0.410 e. The van der Waals surface area contributed by atoms with E-state index in [9.17, 15) is 0 Å². The van der Waals surface area contributed by atoms with Gasteiger partial charge in [0.2, 0.25) is 0 Å². The molecular weight excluding hydrogens is 174 g/mol. The lowest BCUT2D eigenvalue weighted by atomic mass is 10.2. The minimum atomic E-state index is 0.211. The summed E-state index contributed by atoms with van der Waals surface area (Å²) in [6.45, 7) is 0. The molecule has 0 aliphatic rings. The average molecular weight is 179 g/mol. The van der Waals surface area contributed by atoms with Crippen LogP contribution >= 0.6 is 0 Å². The molecule has 0 aliphatic heterocycles. The van der Waals surface area contributed by atoms with Gasteiger partial charge in [0, 0.05) is 0 Å². The first-order valence-corrected chi connectivity index (χ1v) is 3.37. The van der Waals surface area contributed by atoms with Gasteiger partial charge in [0.15, 0.2) is 5.71 Å². The van der Waals surface area contributed by atoms with Crippen LogP contribution in [-0.4, -0.2) is 41.7 Å². The summed E-state index contributed by atoms with van der Waals surface area (Å²) in [6, 6.07) is 0. The lowest BCUT2D eigenvalue weighted by molar-refractivity contribution is 0.319. The molecule has 2 rings (SSSR count). The number of aromatic amines is 2. The van der Waals surface area contributed by atoms with Crippen molar-refractivity contribution in [1.82, 2.24) is 30.8 Å². The molecule has 8 nitrogen and oxygen atoms in total. The molecule has 0 aromatic carbocycles. The molecule has 8 heteroatoms. The topological polar surface area (TPSA) is 116 Å². The Balaban J connectivity index is 2.42. The summed E-state index contributed by atoms with van der Waals surface area (Å²) < 4.78 is 0. The second kappa shape index (κ2) is 3.01. The van der Waals surface area contributed by atoms with E-state index in [1.54, 1.807) is 0 Å². The maximum Gasteiger partial charge on any atom is 0.160 e. The predicted octanol–water partition coefficient (Wildman–Crippen LogP) is -0.851. The Morgan fingerprint density at radius 2 is 1.69 bits per heavy atom. The van der Waals surface area contributed by atoms with Crippen LogP contribution in [0.5, 0.6) is 0 Å². The highest BCUT2D eigenvalue weighted by atomic mass is 16.4. The standard InChI is InChI=1S/C5H5N7O/c13-10-5(3-1-6-11-8-3)4-2-7-12-9-4/h1-2,13H,(H,6,8,11)(H,7,9,12). The van der Waals surface area contributed by atoms with Crippen LogP contribution in [0.1, 0.15) is 11.4 Å². The van der Waals surface area contributed by atoms with Crippen LogP contribution < -0.4 is 0 Å². The third-order valence-corrected chi connectivity index (χ3v) is 1.42. The smallest absolute Gasteiger partial charge is 0.160 e. The van der Waals surface area contributed by atoms with Gasteiger partial charge in [-0.25, -0.2) is 0 Å². The molecular formula is C5H5N7O. The SMILES string of the molecule is ON=C(c1c[nH]nn1)c1c[nH]nn1. The van der Waals surface area contributed by atoms with E-state index in [0.717, 1.165) is 0 Å². The minimum absolute atomic E-state index is 0.211. The van der Waals surface area contributed by atoms with Gasteiger partial charge in [0.05, 0.1) is 12.4 Å². The Morgan fingerprint density at radius 1 is 1.15 bits per heavy atom. The van der Waals surface area contributed by atoms with Crippen molar-refractivity contribution in [3.8, 4) is 0 Å². The van der Waals surface area contributed by atoms with Gasteiger partial charge in [-0.05, 0) is 0 Å². The fourth-order valence-corrected chi connectivity index (χ4v) is 0.868. The summed E-state index contributed by atoms with van der Waals surface area (Å²) in [5, 5.41) is 31.0. The molecule has 3 N–H and O–H groups in total. The van der Waals surface area contributed by atoms with Crippen LogP contribution in [0.4, 0.5) is 0 Å². The fourth-order valence-electron chi connectivity index (χ4n) is 0.868. The van der Waals surface area contributed by atoms with Crippen molar-refractivity contribution in [2.75, 3.05) is 0 Å². The molecule has 0 aliphatic carbocycles. The van der Waals surface area contributed by atoms with Crippen molar-refractivity contribution in [1.29, 1.82) is 0 Å². The van der Waals surface area contributed by atoms with Crippen molar-refractivity contribution in [3.63, 3.8) is 0 Å². The Morgan fingerprint density at radius 3 is 2.00 bits per heavy atom. The summed E-state index contributed by atoms with van der Waals surface area (Å²) in [7, 11) is 0. The molecule has 0 unspecified atom stereocenters. The van der Waals surface area contributed by atoms with E-state index in [1.165, 1.54) is 12.4 Å². The molecule has 0 atom stereocenters. The van der Waals surface area contributed by atoms with E-state index in [-0.39, 0.29) is 5.71 Å². The second-order valence-electron chi connectivity index (χ2n) is 2.17. The molecule has 2 aromatic rings. The first-order valence-electron chi connectivity index (χ1n) is 3.37. The number of aromatic nitrogens is 6. The molecule has 2 heterocycles. The summed E-state index contributed by atoms with van der Waals surface area (Å²) in [6.07, 6.45) is 2.98. The van der Waals surface area contributed by atoms with E-state index in [2.05, 4.69) is 36.0 Å². The lowest BCUT2D eigenvalue weighted by Crippen LogP contribution is -2.04. The molecule has 0 saturated heterocycles. The van der Waals surface area contributed by atoms with Crippen molar-refractivity contribution in [2.24, 2.45) is 5.16 Å². The van der Waals surface area contributed by atoms with Crippen molar-refractivity contribution in [2.45, 2.75) is 0 Å². The van der Waals surface area contributed by atoms with Gasteiger partial charge in [-0.15, -0.1) is 10.2 Å². The first-order chi connectivity index (χ1) is 6.42. The molecule has 0 radical (unpaired) electrons. The number of oxime groups is 1. The molecule has 0 bridgehead atoms. The zero-order chi connectivity index (χ0) is 9.10. The fraction of sp³-hybridized carbons (Fsp3) is 0. The van der Waals surface area contributed by atoms with Crippen LogP contribution in [-0.2, 0) is 0 Å². The normalized spacial score (nSPS) is 9.85. The van der Waals surface area contributed by atoms with E-state index in [0.29, 0.717) is 11.4 Å². The molecule has 0 fully saturated rings. The predicted molar refractivity (Wildman–Crippen MR) is 40.2 cm³/mol. The largest absolute Gasteiger partial charge is 0.410 e. The molecule has 66 valence electrons. The Hall–Kier alpha value is -2.25. The maximum absolute atomic E-state index is 8.69. The van der Waals surface area contributed by atoms with Gasteiger partial charge in [0.1, 0.15) is 11.4 Å². The van der Waals surface area contributed by atoms with Crippen LogP contribution in [0.2, 0.25) is 0 Å². The van der Waals surface area contributed by atoms with Crippen molar-refractivity contribution < 1.29 is 5.21 Å². The highest BCUT2D eigenvalue weighted by Gasteiger charge is 2.12. The Labute approximate surface area is 71.7 Å². The van der Waals surface area contributed by atoms with E-state index in [1.807, 2.05) is 0 Å². The number of rotatable bonds is 2. The van der Waals surface area contributed by atoms with Crippen LogP contribution in [0.3, 0.4) is 0 Å². The lowest BCUT2D eigenvalue weighted by Gasteiger charge is -1.91. The van der Waals surface area contributed by atoms with Crippen LogP contribution in [0.15, 0.2) is 17.5 Å². The number of hydrogen-bond donors (Lipinski definition) is 3. The van der Waals surface area contributed by atoms with Crippen molar-refractivity contribution in [3.05, 3.63) is 23.8 Å².